The van der Waals surface area contributed by atoms with Crippen LogP contribution in [0.1, 0.15) is 271 Å². The molecule has 1 amide bonds. The number of carbonyl (C=O) groups excluding carboxylic acids is 2. The summed E-state index contributed by atoms with van der Waals surface area (Å²) in [6, 6.07) is -0.710. The van der Waals surface area contributed by atoms with E-state index in [0.717, 1.165) is 83.5 Å². The lowest BCUT2D eigenvalue weighted by Gasteiger charge is -2.24. The zero-order chi connectivity index (χ0) is 43.8. The number of carbonyl (C=O) groups is 2. The topological polar surface area (TPSA) is 95.9 Å². The van der Waals surface area contributed by atoms with Gasteiger partial charge in [0.05, 0.1) is 25.2 Å². The fourth-order valence-electron chi connectivity index (χ4n) is 7.95. The molecule has 0 saturated heterocycles. The molecule has 0 radical (unpaired) electrons. The van der Waals surface area contributed by atoms with Crippen molar-refractivity contribution in [3.05, 3.63) is 36.5 Å². The fraction of sp³-hybridized carbons (Fsp3) is 0.852. The maximum atomic E-state index is 13.2. The molecule has 0 fully saturated rings. The third kappa shape index (κ3) is 42.8. The van der Waals surface area contributed by atoms with Crippen molar-refractivity contribution >= 4 is 11.9 Å². The number of unbranched alkanes of at least 4 members (excludes halogenated alkanes) is 30. The number of amides is 1. The minimum absolute atomic E-state index is 0.0560. The van der Waals surface area contributed by atoms with Crippen molar-refractivity contribution in [2.24, 2.45) is 0 Å². The highest BCUT2D eigenvalue weighted by molar-refractivity contribution is 5.77. The summed E-state index contributed by atoms with van der Waals surface area (Å²) in [4.78, 5) is 26.1. The molecule has 0 aromatic rings. The van der Waals surface area contributed by atoms with Crippen LogP contribution >= 0.6 is 0 Å². The lowest BCUT2D eigenvalue weighted by atomic mass is 10.0. The zero-order valence-electron chi connectivity index (χ0n) is 40.1. The first-order valence-electron chi connectivity index (χ1n) is 26.2. The van der Waals surface area contributed by atoms with Crippen molar-refractivity contribution in [2.75, 3.05) is 6.61 Å². The summed E-state index contributed by atoms with van der Waals surface area (Å²) in [5.74, 6) is -0.511. The van der Waals surface area contributed by atoms with Crippen molar-refractivity contribution < 1.29 is 24.5 Å². The first-order chi connectivity index (χ1) is 29.5. The molecule has 6 nitrogen and oxygen atoms in total. The van der Waals surface area contributed by atoms with Crippen LogP contribution in [0.2, 0.25) is 0 Å². The Bertz CT molecular complexity index is 993. The van der Waals surface area contributed by atoms with Crippen molar-refractivity contribution in [1.82, 2.24) is 5.32 Å². The minimum atomic E-state index is -0.795. The smallest absolute Gasteiger partial charge is 0.306 e. The molecule has 0 aromatic heterocycles. The van der Waals surface area contributed by atoms with Gasteiger partial charge in [-0.15, -0.1) is 0 Å². The Morgan fingerprint density at radius 1 is 0.483 bits per heavy atom. The molecule has 352 valence electrons. The van der Waals surface area contributed by atoms with Crippen molar-refractivity contribution in [3.63, 3.8) is 0 Å². The van der Waals surface area contributed by atoms with Gasteiger partial charge >= 0.3 is 5.97 Å². The molecule has 0 aromatic carbocycles. The maximum absolute atomic E-state index is 13.2. The Kier molecular flexibility index (Phi) is 46.6. The van der Waals surface area contributed by atoms with Crippen molar-refractivity contribution in [2.45, 2.75) is 289 Å². The number of rotatable bonds is 47. The Balaban J connectivity index is 4.65. The average molecular weight is 844 g/mol. The summed E-state index contributed by atoms with van der Waals surface area (Å²) in [5.41, 5.74) is 0. The molecule has 3 N–H and O–H groups in total. The summed E-state index contributed by atoms with van der Waals surface area (Å²) in [5, 5.41) is 23.7. The van der Waals surface area contributed by atoms with Gasteiger partial charge in [0, 0.05) is 6.42 Å². The van der Waals surface area contributed by atoms with Gasteiger partial charge in [-0.3, -0.25) is 9.59 Å². The van der Waals surface area contributed by atoms with E-state index in [4.69, 9.17) is 4.74 Å². The Hall–Kier alpha value is -1.92. The van der Waals surface area contributed by atoms with E-state index in [1.807, 2.05) is 0 Å². The summed E-state index contributed by atoms with van der Waals surface area (Å²) < 4.78 is 5.92. The lowest BCUT2D eigenvalue weighted by molar-refractivity contribution is -0.151. The fourth-order valence-corrected chi connectivity index (χ4v) is 7.95. The molecule has 0 heterocycles. The van der Waals surface area contributed by atoms with Crippen LogP contribution in [0.4, 0.5) is 0 Å². The minimum Gasteiger partial charge on any atom is -0.462 e. The molecule has 3 atom stereocenters. The van der Waals surface area contributed by atoms with E-state index in [0.29, 0.717) is 19.3 Å². The van der Waals surface area contributed by atoms with Crippen LogP contribution in [0, 0.1) is 0 Å². The normalized spacial score (nSPS) is 13.5. The highest BCUT2D eigenvalue weighted by Gasteiger charge is 2.24. The lowest BCUT2D eigenvalue weighted by Crippen LogP contribution is -2.46. The van der Waals surface area contributed by atoms with Crippen LogP contribution in [0.3, 0.4) is 0 Å². The molecule has 6 heteroatoms. The largest absolute Gasteiger partial charge is 0.462 e. The van der Waals surface area contributed by atoms with Crippen molar-refractivity contribution in [3.8, 4) is 0 Å². The van der Waals surface area contributed by atoms with E-state index < -0.39 is 18.2 Å². The van der Waals surface area contributed by atoms with E-state index in [1.54, 1.807) is 0 Å². The van der Waals surface area contributed by atoms with E-state index in [2.05, 4.69) is 62.5 Å². The molecular formula is C54H101NO5. The Labute approximate surface area is 373 Å². The number of nitrogens with one attached hydrogen (secondary N) is 1. The van der Waals surface area contributed by atoms with Crippen LogP contribution in [-0.2, 0) is 14.3 Å². The van der Waals surface area contributed by atoms with Gasteiger partial charge in [-0.2, -0.15) is 0 Å². The summed E-state index contributed by atoms with van der Waals surface area (Å²) in [6.07, 6.45) is 56.3. The van der Waals surface area contributed by atoms with Gasteiger partial charge in [0.15, 0.2) is 0 Å². The second kappa shape index (κ2) is 48.1. The van der Waals surface area contributed by atoms with Crippen LogP contribution < -0.4 is 5.32 Å². The summed E-state index contributed by atoms with van der Waals surface area (Å²) >= 11 is 0. The van der Waals surface area contributed by atoms with Crippen LogP contribution in [0.5, 0.6) is 0 Å². The number of hydrogen-bond acceptors (Lipinski definition) is 5. The molecule has 0 bridgehead atoms. The monoisotopic (exact) mass is 844 g/mol. The van der Waals surface area contributed by atoms with E-state index in [-0.39, 0.29) is 24.9 Å². The standard InChI is InChI=1S/C54H101NO5/c1-4-7-10-13-16-19-22-25-26-27-29-30-33-36-39-42-45-50(60-54(59)47-44-41-38-35-32-28-23-20-17-14-11-8-5-2)48-53(58)55-51(49-56)52(57)46-43-40-37-34-31-24-21-18-15-12-9-6-3/h26-30,32,50-52,56-57H,4-25,31,33-49H2,1-3H3,(H,55,58)/b27-26+,30-29+,32-28-. The first kappa shape index (κ1) is 58.1. The van der Waals surface area contributed by atoms with E-state index in [1.165, 1.54) is 141 Å². The SMILES string of the molecule is CCCCCCCC/C=C\CCCCCC(=O)OC(CCCCC/C=C/C=C/CCCCCCCCC)CC(=O)NC(CO)C(O)CCCCCCCCCCCCCC. The first-order valence-corrected chi connectivity index (χ1v) is 26.2. The number of esters is 1. The van der Waals surface area contributed by atoms with E-state index >= 15 is 0 Å². The van der Waals surface area contributed by atoms with Gasteiger partial charge < -0.3 is 20.3 Å². The number of ether oxygens (including phenoxy) is 1. The van der Waals surface area contributed by atoms with E-state index in [9.17, 15) is 19.8 Å². The highest BCUT2D eigenvalue weighted by Crippen LogP contribution is 2.17. The molecule has 0 spiro atoms. The molecular weight excluding hydrogens is 743 g/mol. The molecule has 0 aliphatic heterocycles. The van der Waals surface area contributed by atoms with Gasteiger partial charge in [0.2, 0.25) is 5.91 Å². The van der Waals surface area contributed by atoms with Gasteiger partial charge in [-0.05, 0) is 77.0 Å². The third-order valence-corrected chi connectivity index (χ3v) is 12.0. The van der Waals surface area contributed by atoms with Gasteiger partial charge in [0.25, 0.3) is 0 Å². The number of hydrogen-bond donors (Lipinski definition) is 3. The molecule has 0 saturated carbocycles. The van der Waals surface area contributed by atoms with Crippen LogP contribution in [-0.4, -0.2) is 46.9 Å². The Morgan fingerprint density at radius 3 is 1.30 bits per heavy atom. The second-order valence-electron chi connectivity index (χ2n) is 17.9. The molecule has 3 unspecified atom stereocenters. The summed E-state index contributed by atoms with van der Waals surface area (Å²) in [7, 11) is 0. The molecule has 0 aliphatic carbocycles. The molecule has 0 rings (SSSR count). The summed E-state index contributed by atoms with van der Waals surface area (Å²) in [6.45, 7) is 6.47. The van der Waals surface area contributed by atoms with Gasteiger partial charge in [0.1, 0.15) is 6.10 Å². The number of allylic oxidation sites excluding steroid dienone is 6. The second-order valence-corrected chi connectivity index (χ2v) is 17.9. The number of aliphatic hydroxyl groups is 2. The van der Waals surface area contributed by atoms with Crippen LogP contribution in [0.15, 0.2) is 36.5 Å². The average Bonchev–Trinajstić information content (AvgIpc) is 3.24. The molecule has 0 aliphatic rings. The van der Waals surface area contributed by atoms with Crippen LogP contribution in [0.25, 0.3) is 0 Å². The zero-order valence-corrected chi connectivity index (χ0v) is 40.1. The predicted octanol–water partition coefficient (Wildman–Crippen LogP) is 15.7. The highest BCUT2D eigenvalue weighted by atomic mass is 16.5. The predicted molar refractivity (Wildman–Crippen MR) is 259 cm³/mol. The molecule has 60 heavy (non-hydrogen) atoms. The Morgan fingerprint density at radius 2 is 0.850 bits per heavy atom. The van der Waals surface area contributed by atoms with Gasteiger partial charge in [-0.25, -0.2) is 0 Å². The quantitative estimate of drug-likeness (QED) is 0.0245. The van der Waals surface area contributed by atoms with Crippen molar-refractivity contribution in [1.29, 1.82) is 0 Å². The third-order valence-electron chi connectivity index (χ3n) is 12.0. The maximum Gasteiger partial charge on any atom is 0.306 e. The van der Waals surface area contributed by atoms with Gasteiger partial charge in [-0.1, -0.05) is 218 Å². The number of aliphatic hydroxyl groups excluding tert-OH is 2.